The lowest BCUT2D eigenvalue weighted by Gasteiger charge is -2.10. The molecule has 0 fully saturated rings. The zero-order valence-electron chi connectivity index (χ0n) is 7.40. The van der Waals surface area contributed by atoms with Gasteiger partial charge in [-0.15, -0.1) is 0 Å². The van der Waals surface area contributed by atoms with E-state index in [0.29, 0.717) is 10.9 Å². The summed E-state index contributed by atoms with van der Waals surface area (Å²) >= 11 is 6.21. The van der Waals surface area contributed by atoms with Gasteiger partial charge < -0.3 is 14.7 Å². The molecule has 0 atom stereocenters. The molecule has 0 aromatic heterocycles. The van der Waals surface area contributed by atoms with Crippen molar-refractivity contribution in [1.82, 2.24) is 4.90 Å². The predicted octanol–water partition coefficient (Wildman–Crippen LogP) is 1.96. The minimum absolute atomic E-state index is 0.0910. The third kappa shape index (κ3) is 5.26. The molecule has 0 radical (unpaired) electrons. The van der Waals surface area contributed by atoms with Crippen LogP contribution in [0.25, 0.3) is 0 Å². The summed E-state index contributed by atoms with van der Waals surface area (Å²) in [6, 6.07) is 0. The Bertz CT molecular complexity index is 180. The average Bonchev–Trinajstić information content (AvgIpc) is 2.00. The second kappa shape index (κ2) is 6.14. The van der Waals surface area contributed by atoms with Gasteiger partial charge in [0, 0.05) is 14.1 Å². The first-order chi connectivity index (χ1) is 5.57. The monoisotopic (exact) mass is 207 g/mol. The number of rotatable bonds is 3. The van der Waals surface area contributed by atoms with Crippen molar-refractivity contribution in [2.75, 3.05) is 20.7 Å². The van der Waals surface area contributed by atoms with E-state index in [1.807, 2.05) is 14.1 Å². The van der Waals surface area contributed by atoms with Crippen LogP contribution in [-0.2, 0) is 4.74 Å². The van der Waals surface area contributed by atoms with Crippen LogP contribution in [0.4, 0.5) is 0 Å². The number of ether oxygens (including phenoxy) is 1. The number of thiocarbonyl (C=S) groups is 1. The van der Waals surface area contributed by atoms with Crippen molar-refractivity contribution in [2.24, 2.45) is 0 Å². The van der Waals surface area contributed by atoms with Crippen LogP contribution in [0.2, 0.25) is 0 Å². The summed E-state index contributed by atoms with van der Waals surface area (Å²) < 4.78 is 5.47. The van der Waals surface area contributed by atoms with Gasteiger partial charge in [0.1, 0.15) is 4.32 Å². The molecular formula is C7H13NO2S2. The van der Waals surface area contributed by atoms with E-state index in [1.54, 1.807) is 11.8 Å². The van der Waals surface area contributed by atoms with Crippen molar-refractivity contribution in [1.29, 1.82) is 0 Å². The molecule has 0 aromatic rings. The van der Waals surface area contributed by atoms with Crippen molar-refractivity contribution in [3.63, 3.8) is 0 Å². The highest BCUT2D eigenvalue weighted by Gasteiger charge is 1.98. The van der Waals surface area contributed by atoms with Gasteiger partial charge >= 0.3 is 0 Å². The fourth-order valence-corrected chi connectivity index (χ4v) is 1.01. The summed E-state index contributed by atoms with van der Waals surface area (Å²) in [6.45, 7) is 2.26. The van der Waals surface area contributed by atoms with Gasteiger partial charge in [-0.25, -0.2) is 0 Å². The maximum absolute atomic E-state index is 9.02. The molecule has 0 rings (SSSR count). The molecule has 5 heteroatoms. The molecule has 0 aliphatic rings. The van der Waals surface area contributed by atoms with Gasteiger partial charge in [-0.3, -0.25) is 0 Å². The fourth-order valence-electron chi connectivity index (χ4n) is 0.388. The Hall–Kier alpha value is -0.420. The van der Waals surface area contributed by atoms with Gasteiger partial charge in [-0.1, -0.05) is 24.0 Å². The predicted molar refractivity (Wildman–Crippen MR) is 56.2 cm³/mol. The summed E-state index contributed by atoms with van der Waals surface area (Å²) in [5.41, 5.74) is 0. The number of aliphatic hydroxyl groups is 1. The van der Waals surface area contributed by atoms with Crippen molar-refractivity contribution in [3.05, 3.63) is 11.4 Å². The Morgan fingerprint density at radius 2 is 2.25 bits per heavy atom. The highest BCUT2D eigenvalue weighted by atomic mass is 32.2. The standard InChI is InChI=1S/C7H13NO2S2/c1-4-10-6(9)5-12-7(11)8(2)3/h5,9H,4H2,1-3H3/b6-5+. The van der Waals surface area contributed by atoms with Crippen LogP contribution in [0.3, 0.4) is 0 Å². The van der Waals surface area contributed by atoms with E-state index in [4.69, 9.17) is 22.1 Å². The number of thioether (sulfide) groups is 1. The number of hydrogen-bond donors (Lipinski definition) is 1. The minimum atomic E-state index is -0.0910. The molecule has 0 spiro atoms. The summed E-state index contributed by atoms with van der Waals surface area (Å²) in [5.74, 6) is -0.0910. The van der Waals surface area contributed by atoms with Crippen LogP contribution in [-0.4, -0.2) is 35.0 Å². The van der Waals surface area contributed by atoms with Crippen LogP contribution in [0.5, 0.6) is 0 Å². The van der Waals surface area contributed by atoms with E-state index in [-0.39, 0.29) is 5.95 Å². The quantitative estimate of drug-likeness (QED) is 0.565. The van der Waals surface area contributed by atoms with E-state index < -0.39 is 0 Å². The van der Waals surface area contributed by atoms with E-state index in [9.17, 15) is 0 Å². The highest BCUT2D eigenvalue weighted by Crippen LogP contribution is 2.10. The molecule has 1 N–H and O–H groups in total. The van der Waals surface area contributed by atoms with Crippen molar-refractivity contribution in [3.8, 4) is 0 Å². The molecule has 0 saturated carbocycles. The molecule has 0 saturated heterocycles. The first-order valence-electron chi connectivity index (χ1n) is 3.47. The van der Waals surface area contributed by atoms with Gasteiger partial charge in [0.25, 0.3) is 5.95 Å². The molecule has 0 amide bonds. The summed E-state index contributed by atoms with van der Waals surface area (Å²) in [7, 11) is 3.70. The highest BCUT2D eigenvalue weighted by molar-refractivity contribution is 8.24. The minimum Gasteiger partial charge on any atom is -0.481 e. The van der Waals surface area contributed by atoms with Crippen LogP contribution in [0.1, 0.15) is 6.92 Å². The van der Waals surface area contributed by atoms with Crippen LogP contribution in [0.15, 0.2) is 11.4 Å². The Balaban J connectivity index is 3.79. The lowest BCUT2D eigenvalue weighted by molar-refractivity contribution is 0.104. The zero-order chi connectivity index (χ0) is 9.56. The van der Waals surface area contributed by atoms with Gasteiger partial charge in [-0.2, -0.15) is 0 Å². The van der Waals surface area contributed by atoms with Crippen LogP contribution < -0.4 is 0 Å². The zero-order valence-corrected chi connectivity index (χ0v) is 9.04. The van der Waals surface area contributed by atoms with E-state index in [0.717, 1.165) is 0 Å². The second-order valence-electron chi connectivity index (χ2n) is 2.17. The molecule has 0 aromatic carbocycles. The van der Waals surface area contributed by atoms with Gasteiger partial charge in [0.15, 0.2) is 0 Å². The maximum Gasteiger partial charge on any atom is 0.283 e. The third-order valence-corrected chi connectivity index (χ3v) is 2.46. The average molecular weight is 207 g/mol. The van der Waals surface area contributed by atoms with Crippen LogP contribution >= 0.6 is 24.0 Å². The Morgan fingerprint density at radius 3 is 2.67 bits per heavy atom. The number of nitrogens with zero attached hydrogens (tertiary/aromatic N) is 1. The molecule has 0 aliphatic carbocycles. The first-order valence-corrected chi connectivity index (χ1v) is 4.76. The molecule has 0 heterocycles. The van der Waals surface area contributed by atoms with Crippen molar-refractivity contribution < 1.29 is 9.84 Å². The number of hydrogen-bond acceptors (Lipinski definition) is 4. The van der Waals surface area contributed by atoms with Crippen molar-refractivity contribution >= 4 is 28.3 Å². The molecule has 70 valence electrons. The van der Waals surface area contributed by atoms with E-state index in [1.165, 1.54) is 17.2 Å². The largest absolute Gasteiger partial charge is 0.481 e. The van der Waals surface area contributed by atoms with Gasteiger partial charge in [0.05, 0.1) is 12.0 Å². The first kappa shape index (κ1) is 11.6. The van der Waals surface area contributed by atoms with E-state index >= 15 is 0 Å². The molecule has 0 aliphatic heterocycles. The molecule has 3 nitrogen and oxygen atoms in total. The summed E-state index contributed by atoms with van der Waals surface area (Å²) in [4.78, 5) is 1.79. The summed E-state index contributed by atoms with van der Waals surface area (Å²) in [5, 5.41) is 10.5. The van der Waals surface area contributed by atoms with Crippen LogP contribution in [0, 0.1) is 0 Å². The molecule has 0 unspecified atom stereocenters. The maximum atomic E-state index is 9.02. The SMILES string of the molecule is CCO/C(O)=C/SC(=S)N(C)C. The topological polar surface area (TPSA) is 32.7 Å². The van der Waals surface area contributed by atoms with Gasteiger partial charge in [0.2, 0.25) is 0 Å². The Labute approximate surface area is 82.4 Å². The third-order valence-electron chi connectivity index (χ3n) is 0.918. The Kier molecular flexibility index (Phi) is 5.92. The van der Waals surface area contributed by atoms with E-state index in [2.05, 4.69) is 0 Å². The molecular weight excluding hydrogens is 194 g/mol. The number of aliphatic hydroxyl groups excluding tert-OH is 1. The lowest BCUT2D eigenvalue weighted by atomic mass is 10.8. The molecule has 0 bridgehead atoms. The van der Waals surface area contributed by atoms with Crippen molar-refractivity contribution in [2.45, 2.75) is 6.92 Å². The normalized spacial score (nSPS) is 11.1. The molecule has 12 heavy (non-hydrogen) atoms. The summed E-state index contributed by atoms with van der Waals surface area (Å²) in [6.07, 6.45) is 0. The fraction of sp³-hybridized carbons (Fsp3) is 0.571. The Morgan fingerprint density at radius 1 is 1.67 bits per heavy atom. The van der Waals surface area contributed by atoms with Gasteiger partial charge in [-0.05, 0) is 6.92 Å². The second-order valence-corrected chi connectivity index (χ2v) is 3.67. The smallest absolute Gasteiger partial charge is 0.283 e. The lowest BCUT2D eigenvalue weighted by Crippen LogP contribution is -2.15.